The first-order valence-corrected chi connectivity index (χ1v) is 20.6. The number of fused-ring (bicyclic) bond motifs is 1. The standard InChI is InChI=1S/C41H68Cl2O4/c1-2-3-4-5-6-7-8-9-10-11-12-13-14-15-16-17-18-19-20-21-22-23-24-25-26-27-28-29-30-31-32-34-33-35(44)36-39(45)37(42)40(46)38(43)41(36)47-34/h33,45-46H,2-32H2,1H3. The molecule has 47 heavy (non-hydrogen) atoms. The van der Waals surface area contributed by atoms with Crippen LogP contribution in [-0.2, 0) is 6.42 Å². The topological polar surface area (TPSA) is 70.7 Å². The molecule has 2 N–H and O–H groups in total. The second-order valence-corrected chi connectivity index (χ2v) is 14.9. The van der Waals surface area contributed by atoms with Crippen molar-refractivity contribution in [3.8, 4) is 11.5 Å². The van der Waals surface area contributed by atoms with Gasteiger partial charge in [-0.3, -0.25) is 4.79 Å². The van der Waals surface area contributed by atoms with Gasteiger partial charge in [-0.25, -0.2) is 0 Å². The van der Waals surface area contributed by atoms with Gasteiger partial charge >= 0.3 is 0 Å². The van der Waals surface area contributed by atoms with E-state index in [0.717, 1.165) is 12.8 Å². The van der Waals surface area contributed by atoms with Gasteiger partial charge in [-0.05, 0) is 6.42 Å². The number of hydrogen-bond acceptors (Lipinski definition) is 4. The molecule has 0 bridgehead atoms. The molecule has 0 spiro atoms. The predicted molar refractivity (Wildman–Crippen MR) is 204 cm³/mol. The lowest BCUT2D eigenvalue weighted by atomic mass is 10.0. The number of rotatable bonds is 31. The number of halogens is 2. The maximum atomic E-state index is 12.5. The van der Waals surface area contributed by atoms with Crippen molar-refractivity contribution < 1.29 is 14.6 Å². The minimum Gasteiger partial charge on any atom is -0.505 e. The van der Waals surface area contributed by atoms with Gasteiger partial charge in [-0.15, -0.1) is 0 Å². The highest BCUT2D eigenvalue weighted by molar-refractivity contribution is 6.41. The molecule has 0 saturated heterocycles. The maximum absolute atomic E-state index is 12.5. The van der Waals surface area contributed by atoms with Crippen LogP contribution in [0, 0.1) is 0 Å². The van der Waals surface area contributed by atoms with Crippen molar-refractivity contribution in [3.05, 3.63) is 32.1 Å². The molecule has 0 aliphatic heterocycles. The van der Waals surface area contributed by atoms with Gasteiger partial charge in [-0.1, -0.05) is 216 Å². The first-order valence-electron chi connectivity index (χ1n) is 19.8. The largest absolute Gasteiger partial charge is 0.505 e. The Balaban J connectivity index is 1.29. The summed E-state index contributed by atoms with van der Waals surface area (Å²) >= 11 is 12.0. The molecule has 0 radical (unpaired) electrons. The van der Waals surface area contributed by atoms with Crippen LogP contribution in [0.25, 0.3) is 11.0 Å². The van der Waals surface area contributed by atoms with Crippen LogP contribution < -0.4 is 5.43 Å². The van der Waals surface area contributed by atoms with Crippen LogP contribution in [0.2, 0.25) is 10.0 Å². The van der Waals surface area contributed by atoms with Crippen LogP contribution in [-0.4, -0.2) is 10.2 Å². The molecule has 270 valence electrons. The lowest BCUT2D eigenvalue weighted by Crippen LogP contribution is -2.03. The molecule has 2 rings (SSSR count). The summed E-state index contributed by atoms with van der Waals surface area (Å²) in [6, 6.07) is 1.38. The van der Waals surface area contributed by atoms with Gasteiger partial charge in [0, 0.05) is 12.5 Å². The summed E-state index contributed by atoms with van der Waals surface area (Å²) in [5.41, 5.74) is -0.424. The van der Waals surface area contributed by atoms with Crippen LogP contribution in [0.1, 0.15) is 205 Å². The minimum absolute atomic E-state index is 0.0147. The van der Waals surface area contributed by atoms with Gasteiger partial charge < -0.3 is 14.6 Å². The Morgan fingerprint density at radius 3 is 1.15 bits per heavy atom. The van der Waals surface area contributed by atoms with E-state index in [-0.39, 0.29) is 21.0 Å². The van der Waals surface area contributed by atoms with Gasteiger partial charge in [0.25, 0.3) is 0 Å². The molecule has 1 heterocycles. The highest BCUT2D eigenvalue weighted by atomic mass is 35.5. The van der Waals surface area contributed by atoms with E-state index < -0.39 is 16.9 Å². The van der Waals surface area contributed by atoms with Crippen molar-refractivity contribution in [1.82, 2.24) is 0 Å². The fourth-order valence-corrected chi connectivity index (χ4v) is 7.26. The number of hydrogen-bond donors (Lipinski definition) is 2. The van der Waals surface area contributed by atoms with Crippen molar-refractivity contribution in [1.29, 1.82) is 0 Å². The zero-order valence-corrected chi connectivity index (χ0v) is 31.5. The van der Waals surface area contributed by atoms with Crippen LogP contribution in [0.15, 0.2) is 15.3 Å². The van der Waals surface area contributed by atoms with Gasteiger partial charge in [0.15, 0.2) is 22.5 Å². The zero-order valence-electron chi connectivity index (χ0n) is 30.0. The second kappa shape index (κ2) is 27.4. The lowest BCUT2D eigenvalue weighted by molar-refractivity contribution is 0.450. The van der Waals surface area contributed by atoms with E-state index in [1.807, 2.05) is 0 Å². The van der Waals surface area contributed by atoms with E-state index in [1.165, 1.54) is 186 Å². The molecule has 6 heteroatoms. The first-order chi connectivity index (χ1) is 23.0. The summed E-state index contributed by atoms with van der Waals surface area (Å²) in [6.45, 7) is 2.30. The van der Waals surface area contributed by atoms with E-state index in [1.54, 1.807) is 0 Å². The Labute approximate surface area is 297 Å². The molecule has 1 aromatic carbocycles. The summed E-state index contributed by atoms with van der Waals surface area (Å²) < 4.78 is 5.74. The minimum atomic E-state index is -0.500. The average Bonchev–Trinajstić information content (AvgIpc) is 3.07. The molecular formula is C41H68Cl2O4. The highest BCUT2D eigenvalue weighted by Gasteiger charge is 2.21. The van der Waals surface area contributed by atoms with Crippen molar-refractivity contribution in [2.45, 2.75) is 206 Å². The van der Waals surface area contributed by atoms with Crippen LogP contribution >= 0.6 is 23.2 Å². The summed E-state index contributed by atoms with van der Waals surface area (Å²) in [6.07, 6.45) is 42.1. The number of aryl methyl sites for hydroxylation is 1. The number of aromatic hydroxyl groups is 2. The fraction of sp³-hybridized carbons (Fsp3) is 0.780. The lowest BCUT2D eigenvalue weighted by Gasteiger charge is -2.09. The fourth-order valence-electron chi connectivity index (χ4n) is 6.79. The Hall–Kier alpha value is -1.39. The van der Waals surface area contributed by atoms with E-state index in [2.05, 4.69) is 6.92 Å². The molecule has 2 aromatic rings. The highest BCUT2D eigenvalue weighted by Crippen LogP contribution is 2.44. The van der Waals surface area contributed by atoms with Gasteiger partial charge in [-0.2, -0.15) is 0 Å². The second-order valence-electron chi connectivity index (χ2n) is 14.1. The normalized spacial score (nSPS) is 11.6. The molecular weight excluding hydrogens is 627 g/mol. The third-order valence-corrected chi connectivity index (χ3v) is 10.5. The van der Waals surface area contributed by atoms with Crippen molar-refractivity contribution in [3.63, 3.8) is 0 Å². The summed E-state index contributed by atoms with van der Waals surface area (Å²) in [5.74, 6) is -0.472. The Morgan fingerprint density at radius 2 is 0.809 bits per heavy atom. The molecule has 1 aromatic heterocycles. The van der Waals surface area contributed by atoms with Gasteiger partial charge in [0.05, 0.1) is 0 Å². The number of unbranched alkanes of at least 4 members (excludes halogenated alkanes) is 29. The third kappa shape index (κ3) is 18.3. The Bertz CT molecular complexity index is 1130. The summed E-state index contributed by atoms with van der Waals surface area (Å²) in [4.78, 5) is 12.5. The average molecular weight is 696 g/mol. The van der Waals surface area contributed by atoms with E-state index in [4.69, 9.17) is 27.6 Å². The SMILES string of the molecule is CCCCCCCCCCCCCCCCCCCCCCCCCCCCCCCCc1cc(=O)c2c(O)c(Cl)c(O)c(Cl)c2o1. The van der Waals surface area contributed by atoms with Gasteiger partial charge in [0.2, 0.25) is 0 Å². The number of phenols is 2. The maximum Gasteiger partial charge on any atom is 0.196 e. The number of benzene rings is 1. The number of phenolic OH excluding ortho intramolecular Hbond substituents is 2. The van der Waals surface area contributed by atoms with Crippen LogP contribution in [0.4, 0.5) is 0 Å². The smallest absolute Gasteiger partial charge is 0.196 e. The van der Waals surface area contributed by atoms with Crippen molar-refractivity contribution >= 4 is 34.2 Å². The van der Waals surface area contributed by atoms with Crippen LogP contribution in [0.5, 0.6) is 11.5 Å². The molecule has 4 nitrogen and oxygen atoms in total. The summed E-state index contributed by atoms with van der Waals surface area (Å²) in [7, 11) is 0. The van der Waals surface area contributed by atoms with E-state index >= 15 is 0 Å². The third-order valence-electron chi connectivity index (χ3n) is 9.84. The molecule has 0 atom stereocenters. The molecule has 0 unspecified atom stereocenters. The van der Waals surface area contributed by atoms with E-state index in [9.17, 15) is 15.0 Å². The molecule has 0 saturated carbocycles. The molecule has 0 amide bonds. The van der Waals surface area contributed by atoms with Crippen molar-refractivity contribution in [2.75, 3.05) is 0 Å². The Morgan fingerprint density at radius 1 is 0.489 bits per heavy atom. The summed E-state index contributed by atoms with van der Waals surface area (Å²) in [5, 5.41) is 19.5. The monoisotopic (exact) mass is 694 g/mol. The van der Waals surface area contributed by atoms with E-state index in [0.29, 0.717) is 12.2 Å². The first kappa shape index (κ1) is 41.8. The quantitative estimate of drug-likeness (QED) is 0.0770. The predicted octanol–water partition coefficient (Wildman–Crippen LogP) is 14.8. The van der Waals surface area contributed by atoms with Gasteiger partial charge in [0.1, 0.15) is 21.2 Å². The molecule has 0 aliphatic rings. The van der Waals surface area contributed by atoms with Crippen LogP contribution in [0.3, 0.4) is 0 Å². The Kier molecular flexibility index (Phi) is 24.4. The van der Waals surface area contributed by atoms with Crippen molar-refractivity contribution in [2.24, 2.45) is 0 Å². The zero-order chi connectivity index (χ0) is 34.0. The molecule has 0 fully saturated rings. The molecule has 0 aliphatic carbocycles.